The number of benzene rings is 2. The quantitative estimate of drug-likeness (QED) is 0.407. The Morgan fingerprint density at radius 1 is 0.939 bits per heavy atom. The van der Waals surface area contributed by atoms with Crippen molar-refractivity contribution in [3.05, 3.63) is 83.5 Å². The zero-order chi connectivity index (χ0) is 23.0. The Balaban J connectivity index is 1.26. The Labute approximate surface area is 201 Å². The number of fused-ring (bicyclic) bond motifs is 1. The second kappa shape index (κ2) is 8.87. The van der Waals surface area contributed by atoms with Crippen LogP contribution in [0.5, 0.6) is 0 Å². The van der Waals surface area contributed by atoms with Crippen molar-refractivity contribution in [3.63, 3.8) is 0 Å². The van der Waals surface area contributed by atoms with Crippen molar-refractivity contribution >= 4 is 49.0 Å². The van der Waals surface area contributed by atoms with E-state index in [1.54, 1.807) is 41.4 Å². The fourth-order valence-corrected chi connectivity index (χ4v) is 7.12. The van der Waals surface area contributed by atoms with E-state index in [-0.39, 0.29) is 19.0 Å². The molecule has 1 saturated heterocycles. The van der Waals surface area contributed by atoms with E-state index >= 15 is 0 Å². The molecule has 168 valence electrons. The molecule has 4 aromatic rings. The van der Waals surface area contributed by atoms with Crippen LogP contribution in [-0.2, 0) is 10.0 Å². The summed E-state index contributed by atoms with van der Waals surface area (Å²) in [6.07, 6.45) is 1.73. The lowest BCUT2D eigenvalue weighted by Crippen LogP contribution is -2.50. The smallest absolute Gasteiger partial charge is 0.253 e. The molecule has 0 N–H and O–H groups in total. The lowest BCUT2D eigenvalue weighted by atomic mass is 10.1. The van der Waals surface area contributed by atoms with Gasteiger partial charge in [-0.1, -0.05) is 35.9 Å². The number of aromatic nitrogens is 1. The molecule has 2 aromatic carbocycles. The lowest BCUT2D eigenvalue weighted by molar-refractivity contribution is 0.0698. The number of hydrogen-bond acceptors (Lipinski definition) is 5. The minimum atomic E-state index is -3.62. The first-order valence-electron chi connectivity index (χ1n) is 10.4. The fraction of sp³-hybridized carbons (Fsp3) is 0.167. The van der Waals surface area contributed by atoms with Crippen molar-refractivity contribution in [2.24, 2.45) is 0 Å². The number of halogens is 1. The van der Waals surface area contributed by atoms with E-state index in [9.17, 15) is 13.2 Å². The molecule has 5 rings (SSSR count). The molecule has 1 amide bonds. The number of piperazine rings is 1. The fourth-order valence-electron chi connectivity index (χ4n) is 3.87. The molecule has 3 heterocycles. The zero-order valence-corrected chi connectivity index (χ0v) is 19.9. The number of nitrogens with zero attached hydrogens (tertiary/aromatic N) is 3. The summed E-state index contributed by atoms with van der Waals surface area (Å²) < 4.78 is 28.9. The molecule has 0 aliphatic carbocycles. The highest BCUT2D eigenvalue weighted by Gasteiger charge is 2.31. The van der Waals surface area contributed by atoms with Crippen LogP contribution >= 0.6 is 22.9 Å². The normalized spacial score (nSPS) is 15.1. The number of carbonyl (C=O) groups is 1. The Kier molecular flexibility index (Phi) is 5.92. The second-order valence-corrected chi connectivity index (χ2v) is 11.4. The van der Waals surface area contributed by atoms with Crippen molar-refractivity contribution in [2.45, 2.75) is 4.21 Å². The average molecular weight is 498 g/mol. The first kappa shape index (κ1) is 22.0. The third-order valence-electron chi connectivity index (χ3n) is 5.67. The van der Waals surface area contributed by atoms with Crippen LogP contribution in [-0.4, -0.2) is 54.7 Å². The number of sulfonamides is 1. The Hall–Kier alpha value is -2.78. The number of hydrogen-bond donors (Lipinski definition) is 0. The van der Waals surface area contributed by atoms with E-state index in [1.807, 2.05) is 36.4 Å². The third-order valence-corrected chi connectivity index (χ3v) is 9.35. The highest BCUT2D eigenvalue weighted by Crippen LogP contribution is 2.33. The maximum Gasteiger partial charge on any atom is 0.253 e. The van der Waals surface area contributed by atoms with Crippen LogP contribution in [0.25, 0.3) is 21.3 Å². The SMILES string of the molecule is O=C(c1ccc(-c2ccccn2)cc1)N1CCN(S(=O)(=O)c2cc3ccc(Cl)cc3s2)CC1. The molecule has 9 heteroatoms. The molecule has 0 bridgehead atoms. The summed E-state index contributed by atoms with van der Waals surface area (Å²) in [4.78, 5) is 19.0. The van der Waals surface area contributed by atoms with E-state index in [2.05, 4.69) is 4.98 Å². The van der Waals surface area contributed by atoms with Gasteiger partial charge < -0.3 is 4.90 Å². The van der Waals surface area contributed by atoms with Gasteiger partial charge in [0, 0.05) is 53.2 Å². The Morgan fingerprint density at radius 3 is 2.39 bits per heavy atom. The van der Waals surface area contributed by atoms with Crippen LogP contribution in [0.2, 0.25) is 5.02 Å². The summed E-state index contributed by atoms with van der Waals surface area (Å²) in [6.45, 7) is 1.21. The molecule has 33 heavy (non-hydrogen) atoms. The molecular weight excluding hydrogens is 478 g/mol. The molecule has 0 radical (unpaired) electrons. The maximum absolute atomic E-state index is 13.2. The zero-order valence-electron chi connectivity index (χ0n) is 17.5. The van der Waals surface area contributed by atoms with E-state index < -0.39 is 10.0 Å². The number of amides is 1. The van der Waals surface area contributed by atoms with Gasteiger partial charge >= 0.3 is 0 Å². The number of rotatable bonds is 4. The highest BCUT2D eigenvalue weighted by molar-refractivity contribution is 7.91. The van der Waals surface area contributed by atoms with Crippen LogP contribution in [0.3, 0.4) is 0 Å². The molecular formula is C24H20ClN3O3S2. The van der Waals surface area contributed by atoms with Gasteiger partial charge in [-0.3, -0.25) is 9.78 Å². The number of pyridine rings is 1. The molecule has 0 saturated carbocycles. The van der Waals surface area contributed by atoms with Crippen LogP contribution in [0.15, 0.2) is 77.1 Å². The first-order valence-corrected chi connectivity index (χ1v) is 13.1. The molecule has 1 aliphatic heterocycles. The number of carbonyl (C=O) groups excluding carboxylic acids is 1. The Morgan fingerprint density at radius 2 is 1.70 bits per heavy atom. The standard InChI is InChI=1S/C24H20ClN3O3S2/c25-20-9-8-19-15-23(32-22(19)16-20)33(30,31)28-13-11-27(12-14-28)24(29)18-6-4-17(5-7-18)21-3-1-2-10-26-21/h1-10,15-16H,11-14H2. The summed E-state index contributed by atoms with van der Waals surface area (Å²) >= 11 is 7.25. The highest BCUT2D eigenvalue weighted by atomic mass is 35.5. The summed E-state index contributed by atoms with van der Waals surface area (Å²) in [5.41, 5.74) is 2.36. The second-order valence-electron chi connectivity index (χ2n) is 7.74. The van der Waals surface area contributed by atoms with E-state index in [1.165, 1.54) is 15.6 Å². The molecule has 0 atom stereocenters. The largest absolute Gasteiger partial charge is 0.336 e. The molecule has 1 fully saturated rings. The van der Waals surface area contributed by atoms with Crippen LogP contribution in [0.1, 0.15) is 10.4 Å². The average Bonchev–Trinajstić information content (AvgIpc) is 3.28. The third kappa shape index (κ3) is 4.39. The van der Waals surface area contributed by atoms with Crippen LogP contribution in [0, 0.1) is 0 Å². The van der Waals surface area contributed by atoms with Crippen LogP contribution in [0.4, 0.5) is 0 Å². The minimum Gasteiger partial charge on any atom is -0.336 e. The van der Waals surface area contributed by atoms with E-state index in [4.69, 9.17) is 11.6 Å². The monoisotopic (exact) mass is 497 g/mol. The summed E-state index contributed by atoms with van der Waals surface area (Å²) in [5, 5.41) is 1.43. The summed E-state index contributed by atoms with van der Waals surface area (Å²) in [5.74, 6) is -0.101. The molecule has 6 nitrogen and oxygen atoms in total. The Bertz CT molecular complexity index is 1410. The van der Waals surface area contributed by atoms with E-state index in [0.717, 1.165) is 21.3 Å². The van der Waals surface area contributed by atoms with Crippen molar-refractivity contribution in [1.29, 1.82) is 0 Å². The van der Waals surface area contributed by atoms with Gasteiger partial charge in [0.05, 0.1) is 5.69 Å². The van der Waals surface area contributed by atoms with Gasteiger partial charge in [0.1, 0.15) is 4.21 Å². The van der Waals surface area contributed by atoms with Crippen molar-refractivity contribution < 1.29 is 13.2 Å². The van der Waals surface area contributed by atoms with Gasteiger partial charge in [0.15, 0.2) is 0 Å². The van der Waals surface area contributed by atoms with Gasteiger partial charge in [-0.25, -0.2) is 8.42 Å². The maximum atomic E-state index is 13.2. The first-order chi connectivity index (χ1) is 15.9. The van der Waals surface area contributed by atoms with Gasteiger partial charge in [-0.2, -0.15) is 4.31 Å². The van der Waals surface area contributed by atoms with E-state index in [0.29, 0.717) is 27.9 Å². The lowest BCUT2D eigenvalue weighted by Gasteiger charge is -2.33. The van der Waals surface area contributed by atoms with Crippen molar-refractivity contribution in [3.8, 4) is 11.3 Å². The van der Waals surface area contributed by atoms with Gasteiger partial charge in [0.2, 0.25) is 0 Å². The molecule has 0 spiro atoms. The van der Waals surface area contributed by atoms with Gasteiger partial charge in [-0.15, -0.1) is 11.3 Å². The summed E-state index contributed by atoms with van der Waals surface area (Å²) in [7, 11) is -3.62. The molecule has 2 aromatic heterocycles. The topological polar surface area (TPSA) is 70.6 Å². The van der Waals surface area contributed by atoms with Gasteiger partial charge in [-0.05, 0) is 47.9 Å². The molecule has 1 aliphatic rings. The predicted octanol–water partition coefficient (Wildman–Crippen LogP) is 4.76. The van der Waals surface area contributed by atoms with Crippen molar-refractivity contribution in [2.75, 3.05) is 26.2 Å². The van der Waals surface area contributed by atoms with Crippen LogP contribution < -0.4 is 0 Å². The number of thiophene rings is 1. The minimum absolute atomic E-state index is 0.101. The predicted molar refractivity (Wildman–Crippen MR) is 131 cm³/mol. The van der Waals surface area contributed by atoms with Crippen molar-refractivity contribution in [1.82, 2.24) is 14.2 Å². The molecule has 0 unspecified atom stereocenters. The van der Waals surface area contributed by atoms with Gasteiger partial charge in [0.25, 0.3) is 15.9 Å². The summed E-state index contributed by atoms with van der Waals surface area (Å²) in [6, 6.07) is 20.1.